The maximum absolute atomic E-state index is 12.2. The van der Waals surface area contributed by atoms with Crippen LogP contribution in [-0.2, 0) is 16.1 Å². The Bertz CT molecular complexity index is 501. The number of carbonyl (C=O) groups is 1. The number of likely N-dealkylation sites (tertiary alicyclic amines) is 1. The maximum atomic E-state index is 12.2. The van der Waals surface area contributed by atoms with Crippen molar-refractivity contribution in [3.8, 4) is 0 Å². The number of nitrogens with zero attached hydrogens (tertiary/aromatic N) is 2. The minimum atomic E-state index is -0.283. The van der Waals surface area contributed by atoms with Crippen molar-refractivity contribution >= 4 is 12.0 Å². The van der Waals surface area contributed by atoms with E-state index in [2.05, 4.69) is 4.99 Å². The van der Waals surface area contributed by atoms with Crippen LogP contribution in [0.3, 0.4) is 0 Å². The summed E-state index contributed by atoms with van der Waals surface area (Å²) in [6.45, 7) is 2.33. The van der Waals surface area contributed by atoms with Gasteiger partial charge in [-0.15, -0.1) is 0 Å². The number of aliphatic imine (C=N–C) groups is 1. The van der Waals surface area contributed by atoms with Crippen LogP contribution in [0.15, 0.2) is 35.3 Å². The molecular formula is C15H18N2O3. The van der Waals surface area contributed by atoms with Crippen LogP contribution < -0.4 is 0 Å². The van der Waals surface area contributed by atoms with Gasteiger partial charge in [0.15, 0.2) is 0 Å². The summed E-state index contributed by atoms with van der Waals surface area (Å²) < 4.78 is 10.9. The van der Waals surface area contributed by atoms with Crippen LogP contribution in [0.4, 0.5) is 4.79 Å². The van der Waals surface area contributed by atoms with Crippen molar-refractivity contribution in [2.75, 3.05) is 19.7 Å². The summed E-state index contributed by atoms with van der Waals surface area (Å²) in [7, 11) is 0. The normalized spacial score (nSPS) is 21.5. The molecule has 2 aliphatic rings. The highest BCUT2D eigenvalue weighted by Gasteiger charge is 2.35. The molecule has 1 aromatic rings. The molecule has 0 unspecified atom stereocenters. The number of amides is 1. The molecule has 0 N–H and O–H groups in total. The Morgan fingerprint density at radius 3 is 3.00 bits per heavy atom. The van der Waals surface area contributed by atoms with Crippen molar-refractivity contribution in [1.82, 2.24) is 4.90 Å². The SMILES string of the molecule is O=C(OCc1ccccc1)N1CCC[C@@H]1C1=NCCO1. The molecule has 2 heterocycles. The zero-order chi connectivity index (χ0) is 13.8. The van der Waals surface area contributed by atoms with Gasteiger partial charge in [-0.1, -0.05) is 30.3 Å². The lowest BCUT2D eigenvalue weighted by Crippen LogP contribution is -2.40. The van der Waals surface area contributed by atoms with Gasteiger partial charge in [-0.25, -0.2) is 4.79 Å². The number of hydrogen-bond acceptors (Lipinski definition) is 4. The summed E-state index contributed by atoms with van der Waals surface area (Å²) in [4.78, 5) is 18.2. The first-order valence-electron chi connectivity index (χ1n) is 6.99. The monoisotopic (exact) mass is 274 g/mol. The fourth-order valence-corrected chi connectivity index (χ4v) is 2.60. The van der Waals surface area contributed by atoms with Gasteiger partial charge < -0.3 is 9.47 Å². The number of carbonyl (C=O) groups excluding carboxylic acids is 1. The Balaban J connectivity index is 1.58. The molecule has 20 heavy (non-hydrogen) atoms. The summed E-state index contributed by atoms with van der Waals surface area (Å²) in [6, 6.07) is 9.65. The van der Waals surface area contributed by atoms with E-state index >= 15 is 0 Å². The Kier molecular flexibility index (Phi) is 3.85. The third kappa shape index (κ3) is 2.76. The van der Waals surface area contributed by atoms with Gasteiger partial charge in [0.2, 0.25) is 5.90 Å². The summed E-state index contributed by atoms with van der Waals surface area (Å²) in [5, 5.41) is 0. The topological polar surface area (TPSA) is 51.1 Å². The molecule has 3 rings (SSSR count). The van der Waals surface area contributed by atoms with E-state index in [1.807, 2.05) is 30.3 Å². The zero-order valence-corrected chi connectivity index (χ0v) is 11.3. The van der Waals surface area contributed by atoms with E-state index in [1.54, 1.807) is 4.90 Å². The van der Waals surface area contributed by atoms with Crippen molar-refractivity contribution in [1.29, 1.82) is 0 Å². The Labute approximate surface area is 118 Å². The number of benzene rings is 1. The number of rotatable bonds is 3. The van der Waals surface area contributed by atoms with E-state index in [0.29, 0.717) is 32.2 Å². The Morgan fingerprint density at radius 2 is 2.25 bits per heavy atom. The second-order valence-electron chi connectivity index (χ2n) is 4.96. The van der Waals surface area contributed by atoms with Crippen LogP contribution in [-0.4, -0.2) is 42.6 Å². The first-order chi connectivity index (χ1) is 9.84. The molecule has 0 saturated carbocycles. The van der Waals surface area contributed by atoms with E-state index in [4.69, 9.17) is 9.47 Å². The molecular weight excluding hydrogens is 256 g/mol. The quantitative estimate of drug-likeness (QED) is 0.849. The second-order valence-corrected chi connectivity index (χ2v) is 4.96. The average Bonchev–Trinajstić information content (AvgIpc) is 3.15. The minimum Gasteiger partial charge on any atom is -0.478 e. The lowest BCUT2D eigenvalue weighted by molar-refractivity contribution is 0.0967. The fraction of sp³-hybridized carbons (Fsp3) is 0.467. The van der Waals surface area contributed by atoms with Crippen molar-refractivity contribution in [3.05, 3.63) is 35.9 Å². The minimum absolute atomic E-state index is 0.0410. The van der Waals surface area contributed by atoms with E-state index in [0.717, 1.165) is 18.4 Å². The summed E-state index contributed by atoms with van der Waals surface area (Å²) in [5.41, 5.74) is 0.992. The molecule has 106 valence electrons. The molecule has 2 aliphatic heterocycles. The summed E-state index contributed by atoms with van der Waals surface area (Å²) in [6.07, 6.45) is 1.58. The van der Waals surface area contributed by atoms with Gasteiger partial charge in [0.1, 0.15) is 19.3 Å². The number of ether oxygens (including phenoxy) is 2. The standard InChI is InChI=1S/C15H18N2O3/c18-15(20-11-12-5-2-1-3-6-12)17-9-4-7-13(17)14-16-8-10-19-14/h1-3,5-6,13H,4,7-11H2/t13-/m1/s1. The first-order valence-corrected chi connectivity index (χ1v) is 6.99. The Morgan fingerprint density at radius 1 is 1.40 bits per heavy atom. The molecule has 1 amide bonds. The highest BCUT2D eigenvalue weighted by Crippen LogP contribution is 2.22. The van der Waals surface area contributed by atoms with Gasteiger partial charge in [0, 0.05) is 6.54 Å². The predicted molar refractivity (Wildman–Crippen MR) is 74.6 cm³/mol. The molecule has 0 aliphatic carbocycles. The van der Waals surface area contributed by atoms with E-state index in [-0.39, 0.29) is 12.1 Å². The van der Waals surface area contributed by atoms with Crippen molar-refractivity contribution in [2.45, 2.75) is 25.5 Å². The lowest BCUT2D eigenvalue weighted by atomic mass is 10.2. The fourth-order valence-electron chi connectivity index (χ4n) is 2.60. The molecule has 0 aromatic heterocycles. The van der Waals surface area contributed by atoms with Gasteiger partial charge in [0.05, 0.1) is 6.54 Å². The molecule has 0 spiro atoms. The highest BCUT2D eigenvalue weighted by molar-refractivity contribution is 5.87. The third-order valence-corrected chi connectivity index (χ3v) is 3.59. The van der Waals surface area contributed by atoms with Gasteiger partial charge in [-0.2, -0.15) is 0 Å². The lowest BCUT2D eigenvalue weighted by Gasteiger charge is -2.23. The van der Waals surface area contributed by atoms with Crippen LogP contribution in [0.2, 0.25) is 0 Å². The summed E-state index contributed by atoms with van der Waals surface area (Å²) >= 11 is 0. The molecule has 5 nitrogen and oxygen atoms in total. The van der Waals surface area contributed by atoms with Crippen molar-refractivity contribution in [3.63, 3.8) is 0 Å². The molecule has 5 heteroatoms. The first kappa shape index (κ1) is 13.0. The van der Waals surface area contributed by atoms with E-state index in [9.17, 15) is 4.79 Å². The van der Waals surface area contributed by atoms with Crippen LogP contribution in [0.5, 0.6) is 0 Å². The van der Waals surface area contributed by atoms with Gasteiger partial charge in [-0.3, -0.25) is 9.89 Å². The van der Waals surface area contributed by atoms with Gasteiger partial charge in [0.25, 0.3) is 0 Å². The van der Waals surface area contributed by atoms with E-state index < -0.39 is 0 Å². The summed E-state index contributed by atoms with van der Waals surface area (Å²) in [5.74, 6) is 0.694. The average molecular weight is 274 g/mol. The van der Waals surface area contributed by atoms with Gasteiger partial charge >= 0.3 is 6.09 Å². The Hall–Kier alpha value is -2.04. The third-order valence-electron chi connectivity index (χ3n) is 3.59. The highest BCUT2D eigenvalue weighted by atomic mass is 16.6. The van der Waals surface area contributed by atoms with E-state index in [1.165, 1.54) is 0 Å². The van der Waals surface area contributed by atoms with Crippen molar-refractivity contribution in [2.24, 2.45) is 4.99 Å². The molecule has 1 aromatic carbocycles. The van der Waals surface area contributed by atoms with Crippen LogP contribution in [0, 0.1) is 0 Å². The molecule has 1 atom stereocenters. The largest absolute Gasteiger partial charge is 0.478 e. The van der Waals surface area contributed by atoms with Crippen LogP contribution in [0.1, 0.15) is 18.4 Å². The maximum Gasteiger partial charge on any atom is 0.410 e. The predicted octanol–water partition coefficient (Wildman–Crippen LogP) is 2.22. The van der Waals surface area contributed by atoms with Gasteiger partial charge in [-0.05, 0) is 18.4 Å². The second kappa shape index (κ2) is 5.94. The molecule has 0 bridgehead atoms. The number of hydrogen-bond donors (Lipinski definition) is 0. The van der Waals surface area contributed by atoms with Crippen molar-refractivity contribution < 1.29 is 14.3 Å². The molecule has 1 fully saturated rings. The molecule has 1 saturated heterocycles. The van der Waals surface area contributed by atoms with Crippen LogP contribution in [0.25, 0.3) is 0 Å². The van der Waals surface area contributed by atoms with Crippen LogP contribution >= 0.6 is 0 Å². The zero-order valence-electron chi connectivity index (χ0n) is 11.3. The smallest absolute Gasteiger partial charge is 0.410 e. The molecule has 0 radical (unpaired) electrons.